The van der Waals surface area contributed by atoms with E-state index in [0.29, 0.717) is 6.07 Å². The van der Waals surface area contributed by atoms with Gasteiger partial charge in [0.05, 0.1) is 0 Å². The van der Waals surface area contributed by atoms with Gasteiger partial charge in [0.15, 0.2) is 5.65 Å². The second-order valence-corrected chi connectivity index (χ2v) is 3.01. The third-order valence-electron chi connectivity index (χ3n) is 1.95. The van der Waals surface area contributed by atoms with Crippen molar-refractivity contribution in [3.63, 3.8) is 0 Å². The summed E-state index contributed by atoms with van der Waals surface area (Å²) >= 11 is 0. The molecule has 2 rings (SSSR count). The smallest absolute Gasteiger partial charge is 0.283 e. The van der Waals surface area contributed by atoms with Crippen molar-refractivity contribution in [1.29, 1.82) is 0 Å². The van der Waals surface area contributed by atoms with Crippen LogP contribution in [-0.4, -0.2) is 14.6 Å². The lowest BCUT2D eigenvalue weighted by Crippen LogP contribution is -2.09. The first-order valence-electron chi connectivity index (χ1n) is 4.97. The van der Waals surface area contributed by atoms with Crippen LogP contribution in [0.1, 0.15) is 25.2 Å². The molecule has 0 aliphatic rings. The van der Waals surface area contributed by atoms with E-state index >= 15 is 0 Å². The lowest BCUT2D eigenvalue weighted by molar-refractivity contribution is -0.136. The van der Waals surface area contributed by atoms with Crippen LogP contribution >= 0.6 is 0 Å². The number of pyridine rings is 1. The molecule has 2 aromatic rings. The molecule has 0 aliphatic carbocycles. The second kappa shape index (κ2) is 4.68. The zero-order chi connectivity index (χ0) is 13.2. The van der Waals surface area contributed by atoms with Crippen molar-refractivity contribution in [3.05, 3.63) is 29.5 Å². The number of rotatable bonds is 0. The van der Waals surface area contributed by atoms with Crippen molar-refractivity contribution in [3.8, 4) is 0 Å². The van der Waals surface area contributed by atoms with Gasteiger partial charge in [0.25, 0.3) is 0 Å². The lowest BCUT2D eigenvalue weighted by Gasteiger charge is -2.07. The Morgan fingerprint density at radius 1 is 1.18 bits per heavy atom. The molecule has 0 atom stereocenters. The zero-order valence-electron chi connectivity index (χ0n) is 9.51. The third-order valence-corrected chi connectivity index (χ3v) is 1.95. The molecule has 0 radical (unpaired) electrons. The van der Waals surface area contributed by atoms with Gasteiger partial charge in [0.2, 0.25) is 0 Å². The molecule has 0 saturated carbocycles. The molecule has 0 amide bonds. The summed E-state index contributed by atoms with van der Waals surface area (Å²) in [7, 11) is 0. The van der Waals surface area contributed by atoms with Crippen molar-refractivity contribution in [1.82, 2.24) is 14.6 Å². The van der Waals surface area contributed by atoms with Crippen molar-refractivity contribution in [2.24, 2.45) is 0 Å². The molecule has 7 heteroatoms. The molecule has 0 aliphatic heterocycles. The van der Waals surface area contributed by atoms with E-state index in [-0.39, 0.29) is 11.5 Å². The minimum absolute atomic E-state index is 0.204. The highest BCUT2D eigenvalue weighted by atomic mass is 19.4. The first kappa shape index (κ1) is 13.4. The Hall–Kier alpha value is -1.66. The van der Waals surface area contributed by atoms with Crippen LogP contribution in [0.2, 0.25) is 0 Å². The third kappa shape index (κ3) is 2.54. The van der Waals surface area contributed by atoms with Crippen LogP contribution < -0.4 is 0 Å². The maximum Gasteiger partial charge on any atom is 0.420 e. The second-order valence-electron chi connectivity index (χ2n) is 3.01. The summed E-state index contributed by atoms with van der Waals surface area (Å²) in [6, 6.07) is 0.406. The fraction of sp³-hybridized carbons (Fsp3) is 0.400. The van der Waals surface area contributed by atoms with E-state index in [9.17, 15) is 17.6 Å². The largest absolute Gasteiger partial charge is 0.420 e. The van der Waals surface area contributed by atoms with E-state index < -0.39 is 17.6 Å². The number of aromatic nitrogens is 3. The van der Waals surface area contributed by atoms with Gasteiger partial charge < -0.3 is 0 Å². The summed E-state index contributed by atoms with van der Waals surface area (Å²) < 4.78 is 51.3. The Balaban J connectivity index is 0.000000686. The molecule has 2 aromatic heterocycles. The normalized spacial score (nSPS) is 11.2. The molecule has 2 heterocycles. The number of aryl methyl sites for hydroxylation is 1. The quantitative estimate of drug-likeness (QED) is 0.671. The van der Waals surface area contributed by atoms with Gasteiger partial charge >= 0.3 is 6.18 Å². The predicted molar refractivity (Wildman–Crippen MR) is 54.0 cm³/mol. The van der Waals surface area contributed by atoms with Crippen molar-refractivity contribution >= 4 is 5.65 Å². The molecule has 17 heavy (non-hydrogen) atoms. The number of nitrogens with zero attached hydrogens (tertiary/aromatic N) is 3. The Labute approximate surface area is 95.1 Å². The van der Waals surface area contributed by atoms with E-state index in [1.165, 1.54) is 6.92 Å². The molecular weight excluding hydrogens is 238 g/mol. The van der Waals surface area contributed by atoms with E-state index in [4.69, 9.17) is 0 Å². The minimum Gasteiger partial charge on any atom is -0.283 e. The number of hydrogen-bond donors (Lipinski definition) is 0. The van der Waals surface area contributed by atoms with Crippen molar-refractivity contribution < 1.29 is 17.6 Å². The highest BCUT2D eigenvalue weighted by molar-refractivity contribution is 5.49. The topological polar surface area (TPSA) is 30.2 Å². The van der Waals surface area contributed by atoms with Crippen LogP contribution in [0.4, 0.5) is 17.6 Å². The minimum atomic E-state index is -4.64. The standard InChI is InChI=1S/C8H5F4N3.C2H6/c1-4-13-14-7-6(8(10,11)12)2-5(9)3-15(4)7;1-2/h2-3H,1H3;1-2H3. The van der Waals surface area contributed by atoms with Crippen LogP contribution in [-0.2, 0) is 6.18 Å². The SMILES string of the molecule is CC.Cc1nnc2c(C(F)(F)F)cc(F)cn12. The van der Waals surface area contributed by atoms with Crippen molar-refractivity contribution in [2.75, 3.05) is 0 Å². The van der Waals surface area contributed by atoms with Crippen LogP contribution in [0.25, 0.3) is 5.65 Å². The molecule has 0 unspecified atom stereocenters. The van der Waals surface area contributed by atoms with Gasteiger partial charge in [0, 0.05) is 6.20 Å². The summed E-state index contributed by atoms with van der Waals surface area (Å²) in [5.74, 6) is -0.771. The molecule has 0 spiro atoms. The first-order valence-corrected chi connectivity index (χ1v) is 4.97. The Morgan fingerprint density at radius 3 is 2.29 bits per heavy atom. The van der Waals surface area contributed by atoms with Gasteiger partial charge in [-0.05, 0) is 13.0 Å². The number of hydrogen-bond acceptors (Lipinski definition) is 2. The fourth-order valence-electron chi connectivity index (χ4n) is 1.28. The van der Waals surface area contributed by atoms with Gasteiger partial charge in [-0.3, -0.25) is 4.40 Å². The van der Waals surface area contributed by atoms with Gasteiger partial charge in [-0.25, -0.2) is 4.39 Å². The Bertz CT molecular complexity index is 516. The highest BCUT2D eigenvalue weighted by Crippen LogP contribution is 2.32. The van der Waals surface area contributed by atoms with Gasteiger partial charge in [-0.2, -0.15) is 13.2 Å². The van der Waals surface area contributed by atoms with Gasteiger partial charge in [0.1, 0.15) is 17.2 Å². The number of fused-ring (bicyclic) bond motifs is 1. The fourth-order valence-corrected chi connectivity index (χ4v) is 1.28. The molecule has 0 fully saturated rings. The average molecular weight is 249 g/mol. The molecule has 0 saturated heterocycles. The Kier molecular flexibility index (Phi) is 3.69. The van der Waals surface area contributed by atoms with Crippen LogP contribution in [0.3, 0.4) is 0 Å². The summed E-state index contributed by atoms with van der Waals surface area (Å²) in [4.78, 5) is 0. The Morgan fingerprint density at radius 2 is 1.76 bits per heavy atom. The average Bonchev–Trinajstić information content (AvgIpc) is 2.61. The molecule has 0 bridgehead atoms. The number of halogens is 4. The molecular formula is C10H11F4N3. The monoisotopic (exact) mass is 249 g/mol. The summed E-state index contributed by atoms with van der Waals surface area (Å²) in [5, 5.41) is 6.81. The van der Waals surface area contributed by atoms with Gasteiger partial charge in [-0.1, -0.05) is 13.8 Å². The molecule has 3 nitrogen and oxygen atoms in total. The summed E-state index contributed by atoms with van der Waals surface area (Å²) in [6.07, 6.45) is -3.72. The predicted octanol–water partition coefficient (Wildman–Crippen LogP) is 3.22. The summed E-state index contributed by atoms with van der Waals surface area (Å²) in [6.45, 7) is 5.44. The molecule has 94 valence electrons. The maximum absolute atomic E-state index is 12.9. The van der Waals surface area contributed by atoms with Crippen molar-refractivity contribution in [2.45, 2.75) is 26.9 Å². The molecule has 0 N–H and O–H groups in total. The van der Waals surface area contributed by atoms with Gasteiger partial charge in [-0.15, -0.1) is 10.2 Å². The summed E-state index contributed by atoms with van der Waals surface area (Å²) in [5.41, 5.74) is -1.51. The highest BCUT2D eigenvalue weighted by Gasteiger charge is 2.35. The zero-order valence-corrected chi connectivity index (χ0v) is 9.51. The van der Waals surface area contributed by atoms with Crippen LogP contribution in [0.5, 0.6) is 0 Å². The molecule has 0 aromatic carbocycles. The van der Waals surface area contributed by atoms with E-state index in [2.05, 4.69) is 10.2 Å². The van der Waals surface area contributed by atoms with E-state index in [1.54, 1.807) is 0 Å². The first-order chi connectivity index (χ1) is 7.89. The van der Waals surface area contributed by atoms with E-state index in [0.717, 1.165) is 10.6 Å². The lowest BCUT2D eigenvalue weighted by atomic mass is 10.2. The van der Waals surface area contributed by atoms with Crippen LogP contribution in [0, 0.1) is 12.7 Å². The van der Waals surface area contributed by atoms with E-state index in [1.807, 2.05) is 13.8 Å². The maximum atomic E-state index is 12.9. The number of alkyl halides is 3. The van der Waals surface area contributed by atoms with Crippen LogP contribution in [0.15, 0.2) is 12.3 Å².